The Kier molecular flexibility index (Phi) is 4.34. The van der Waals surface area contributed by atoms with Gasteiger partial charge in [-0.25, -0.2) is 0 Å². The molecule has 2 aromatic rings. The Hall–Kier alpha value is -1.23. The second-order valence-electron chi connectivity index (χ2n) is 3.82. The number of carbonyl (C=O) groups is 1. The van der Waals surface area contributed by atoms with Crippen LogP contribution in [-0.4, -0.2) is 5.91 Å². The minimum Gasteiger partial charge on any atom is -0.399 e. The number of nitrogen functional groups attached to an aromatic ring is 1. The first kappa shape index (κ1) is 14.2. The number of nitrogens with two attached hydrogens (primary N) is 1. The summed E-state index contributed by atoms with van der Waals surface area (Å²) < 4.78 is 0.700. The van der Waals surface area contributed by atoms with Crippen molar-refractivity contribution < 1.29 is 4.79 Å². The number of carbonyl (C=O) groups excluding carboxylic acids is 1. The summed E-state index contributed by atoms with van der Waals surface area (Å²) in [6, 6.07) is 9.83. The van der Waals surface area contributed by atoms with Gasteiger partial charge in [-0.15, -0.1) is 0 Å². The third kappa shape index (κ3) is 3.41. The monoisotopic (exact) mass is 358 g/mol. The van der Waals surface area contributed by atoms with Crippen LogP contribution >= 0.6 is 39.1 Å². The molecule has 2 rings (SSSR count). The predicted molar refractivity (Wildman–Crippen MR) is 83.0 cm³/mol. The highest BCUT2D eigenvalue weighted by Gasteiger charge is 2.12. The van der Waals surface area contributed by atoms with Gasteiger partial charge in [0, 0.05) is 15.2 Å². The van der Waals surface area contributed by atoms with Crippen molar-refractivity contribution in [2.75, 3.05) is 11.1 Å². The Labute approximate surface area is 128 Å². The summed E-state index contributed by atoms with van der Waals surface area (Å²) in [5.41, 5.74) is 7.21. The summed E-state index contributed by atoms with van der Waals surface area (Å²) >= 11 is 15.1. The van der Waals surface area contributed by atoms with Gasteiger partial charge in [0.25, 0.3) is 5.91 Å². The van der Waals surface area contributed by atoms with Crippen molar-refractivity contribution in [1.82, 2.24) is 0 Å². The van der Waals surface area contributed by atoms with E-state index < -0.39 is 0 Å². The average Bonchev–Trinajstić information content (AvgIpc) is 2.32. The van der Waals surface area contributed by atoms with Crippen LogP contribution in [0.4, 0.5) is 11.4 Å². The molecule has 0 aliphatic heterocycles. The molecule has 3 nitrogen and oxygen atoms in total. The van der Waals surface area contributed by atoms with Gasteiger partial charge >= 0.3 is 0 Å². The minimum absolute atomic E-state index is 0.302. The number of anilines is 2. The predicted octanol–water partition coefficient (Wildman–Crippen LogP) is 4.59. The van der Waals surface area contributed by atoms with E-state index in [0.717, 1.165) is 0 Å². The van der Waals surface area contributed by atoms with Gasteiger partial charge in [0.1, 0.15) is 0 Å². The van der Waals surface area contributed by atoms with Crippen LogP contribution in [0.5, 0.6) is 0 Å². The maximum Gasteiger partial charge on any atom is 0.257 e. The normalized spacial score (nSPS) is 10.3. The molecule has 6 heteroatoms. The van der Waals surface area contributed by atoms with Gasteiger partial charge in [-0.1, -0.05) is 23.2 Å². The highest BCUT2D eigenvalue weighted by atomic mass is 79.9. The summed E-state index contributed by atoms with van der Waals surface area (Å²) in [6.07, 6.45) is 0. The molecule has 0 bridgehead atoms. The minimum atomic E-state index is -0.313. The Morgan fingerprint density at radius 1 is 1.16 bits per heavy atom. The molecular formula is C13H9BrCl2N2O. The smallest absolute Gasteiger partial charge is 0.257 e. The molecule has 0 unspecified atom stereocenters. The number of hydrogen-bond acceptors (Lipinski definition) is 2. The maximum atomic E-state index is 12.1. The molecule has 0 aromatic heterocycles. The van der Waals surface area contributed by atoms with Crippen molar-refractivity contribution >= 4 is 56.4 Å². The van der Waals surface area contributed by atoms with Gasteiger partial charge in [0.2, 0.25) is 0 Å². The zero-order valence-corrected chi connectivity index (χ0v) is 12.7. The van der Waals surface area contributed by atoms with Crippen LogP contribution in [-0.2, 0) is 0 Å². The van der Waals surface area contributed by atoms with Crippen LogP contribution < -0.4 is 11.1 Å². The van der Waals surface area contributed by atoms with Crippen molar-refractivity contribution in [3.63, 3.8) is 0 Å². The van der Waals surface area contributed by atoms with E-state index in [2.05, 4.69) is 21.2 Å². The molecule has 0 fully saturated rings. The molecule has 0 saturated carbocycles. The van der Waals surface area contributed by atoms with E-state index in [4.69, 9.17) is 28.9 Å². The second-order valence-corrected chi connectivity index (χ2v) is 5.52. The van der Waals surface area contributed by atoms with Gasteiger partial charge in [-0.3, -0.25) is 4.79 Å². The van der Waals surface area contributed by atoms with Crippen molar-refractivity contribution in [3.8, 4) is 0 Å². The van der Waals surface area contributed by atoms with E-state index in [1.54, 1.807) is 30.3 Å². The van der Waals surface area contributed by atoms with E-state index in [1.807, 2.05) is 0 Å². The fourth-order valence-corrected chi connectivity index (χ4v) is 2.49. The molecular weight excluding hydrogens is 351 g/mol. The fourth-order valence-electron chi connectivity index (χ4n) is 1.50. The van der Waals surface area contributed by atoms with E-state index in [1.165, 1.54) is 6.07 Å². The number of hydrogen-bond donors (Lipinski definition) is 2. The summed E-state index contributed by atoms with van der Waals surface area (Å²) in [7, 11) is 0. The molecule has 0 saturated heterocycles. The highest BCUT2D eigenvalue weighted by molar-refractivity contribution is 9.10. The third-order valence-corrected chi connectivity index (χ3v) is 3.62. The van der Waals surface area contributed by atoms with Gasteiger partial charge in [-0.05, 0) is 52.3 Å². The van der Waals surface area contributed by atoms with Crippen molar-refractivity contribution in [2.24, 2.45) is 0 Å². The summed E-state index contributed by atoms with van der Waals surface area (Å²) in [5, 5.41) is 3.53. The molecule has 2 aromatic carbocycles. The number of amides is 1. The van der Waals surface area contributed by atoms with Gasteiger partial charge in [0.05, 0.1) is 16.3 Å². The SMILES string of the molecule is Nc1ccc(NC(=O)c2ccc(Cl)cc2Cl)c(Br)c1. The molecule has 0 radical (unpaired) electrons. The number of rotatable bonds is 2. The summed E-state index contributed by atoms with van der Waals surface area (Å²) in [4.78, 5) is 12.1. The molecule has 0 aliphatic rings. The Balaban J connectivity index is 2.25. The first-order valence-corrected chi connectivity index (χ1v) is 6.83. The van der Waals surface area contributed by atoms with E-state index >= 15 is 0 Å². The van der Waals surface area contributed by atoms with E-state index in [9.17, 15) is 4.79 Å². The van der Waals surface area contributed by atoms with Gasteiger partial charge in [0.15, 0.2) is 0 Å². The van der Waals surface area contributed by atoms with Crippen LogP contribution in [0.1, 0.15) is 10.4 Å². The zero-order valence-electron chi connectivity index (χ0n) is 9.58. The largest absolute Gasteiger partial charge is 0.399 e. The lowest BCUT2D eigenvalue weighted by atomic mass is 10.2. The standard InChI is InChI=1S/C13H9BrCl2N2O/c14-10-6-8(17)2-4-12(10)18-13(19)9-3-1-7(15)5-11(9)16/h1-6H,17H2,(H,18,19). The fraction of sp³-hybridized carbons (Fsp3) is 0. The lowest BCUT2D eigenvalue weighted by Crippen LogP contribution is -2.12. The number of halogens is 3. The molecule has 19 heavy (non-hydrogen) atoms. The lowest BCUT2D eigenvalue weighted by Gasteiger charge is -2.09. The quantitative estimate of drug-likeness (QED) is 0.770. The maximum absolute atomic E-state index is 12.1. The van der Waals surface area contributed by atoms with Crippen LogP contribution in [0, 0.1) is 0 Å². The van der Waals surface area contributed by atoms with Crippen LogP contribution in [0.2, 0.25) is 10.0 Å². The van der Waals surface area contributed by atoms with Crippen molar-refractivity contribution in [1.29, 1.82) is 0 Å². The summed E-state index contributed by atoms with van der Waals surface area (Å²) in [5.74, 6) is -0.313. The van der Waals surface area contributed by atoms with Crippen LogP contribution in [0.25, 0.3) is 0 Å². The molecule has 1 amide bonds. The molecule has 0 aliphatic carbocycles. The van der Waals surface area contributed by atoms with Crippen LogP contribution in [0.15, 0.2) is 40.9 Å². The highest BCUT2D eigenvalue weighted by Crippen LogP contribution is 2.27. The van der Waals surface area contributed by atoms with Crippen molar-refractivity contribution in [3.05, 3.63) is 56.5 Å². The first-order valence-electron chi connectivity index (χ1n) is 5.29. The molecule has 98 valence electrons. The zero-order chi connectivity index (χ0) is 14.0. The average molecular weight is 360 g/mol. The van der Waals surface area contributed by atoms with Gasteiger partial charge < -0.3 is 11.1 Å². The second kappa shape index (κ2) is 5.82. The molecule has 0 atom stereocenters. The van der Waals surface area contributed by atoms with Crippen molar-refractivity contribution in [2.45, 2.75) is 0 Å². The number of nitrogens with one attached hydrogen (secondary N) is 1. The first-order chi connectivity index (χ1) is 8.97. The van der Waals surface area contributed by atoms with E-state index in [-0.39, 0.29) is 5.91 Å². The summed E-state index contributed by atoms with van der Waals surface area (Å²) in [6.45, 7) is 0. The molecule has 3 N–H and O–H groups in total. The Morgan fingerprint density at radius 3 is 2.53 bits per heavy atom. The Bertz CT molecular complexity index is 647. The third-order valence-electron chi connectivity index (χ3n) is 2.42. The number of benzene rings is 2. The van der Waals surface area contributed by atoms with Crippen LogP contribution in [0.3, 0.4) is 0 Å². The topological polar surface area (TPSA) is 55.1 Å². The van der Waals surface area contributed by atoms with E-state index in [0.29, 0.717) is 31.5 Å². The Morgan fingerprint density at radius 2 is 1.89 bits per heavy atom. The lowest BCUT2D eigenvalue weighted by molar-refractivity contribution is 0.102. The van der Waals surface area contributed by atoms with Gasteiger partial charge in [-0.2, -0.15) is 0 Å². The molecule has 0 spiro atoms. The molecule has 0 heterocycles.